The topological polar surface area (TPSA) is 38.7 Å². The molecule has 0 aliphatic heterocycles. The van der Waals surface area contributed by atoms with Crippen LogP contribution in [-0.4, -0.2) is 19.4 Å². The van der Waals surface area contributed by atoms with Crippen LogP contribution in [0.2, 0.25) is 0 Å². The van der Waals surface area contributed by atoms with E-state index >= 15 is 0 Å². The molecule has 0 atom stereocenters. The zero-order chi connectivity index (χ0) is 12.3. The second-order valence-electron chi connectivity index (χ2n) is 4.13. The Morgan fingerprint density at radius 2 is 2.24 bits per heavy atom. The Morgan fingerprint density at radius 3 is 2.71 bits per heavy atom. The van der Waals surface area contributed by atoms with Crippen LogP contribution in [0.4, 0.5) is 0 Å². The molecule has 3 nitrogen and oxygen atoms in total. The highest BCUT2D eigenvalue weighted by atomic mass is 32.2. The standard InChI is InChI=1S/C13H15NO2S/c1-16-12-10(5-3-6-11(12)17-2)13(14-9-15)7-4-8-13/h3,5-6H,4,7-8H2,1-2H3. The molecule has 0 bridgehead atoms. The van der Waals surface area contributed by atoms with Crippen molar-refractivity contribution in [2.24, 2.45) is 4.99 Å². The smallest absolute Gasteiger partial charge is 0.235 e. The Morgan fingerprint density at radius 1 is 1.47 bits per heavy atom. The number of hydrogen-bond donors (Lipinski definition) is 0. The van der Waals surface area contributed by atoms with E-state index in [2.05, 4.69) is 4.99 Å². The molecule has 2 rings (SSSR count). The summed E-state index contributed by atoms with van der Waals surface area (Å²) >= 11 is 1.64. The van der Waals surface area contributed by atoms with Gasteiger partial charge in [0.2, 0.25) is 6.08 Å². The molecule has 17 heavy (non-hydrogen) atoms. The second-order valence-corrected chi connectivity index (χ2v) is 4.98. The molecule has 1 saturated carbocycles. The summed E-state index contributed by atoms with van der Waals surface area (Å²) in [5, 5.41) is 0. The lowest BCUT2D eigenvalue weighted by Gasteiger charge is -2.38. The minimum absolute atomic E-state index is 0.390. The second kappa shape index (κ2) is 4.94. The molecule has 0 unspecified atom stereocenters. The summed E-state index contributed by atoms with van der Waals surface area (Å²) in [6.07, 6.45) is 6.62. The van der Waals surface area contributed by atoms with Gasteiger partial charge in [-0.15, -0.1) is 11.8 Å². The molecule has 0 amide bonds. The van der Waals surface area contributed by atoms with Crippen molar-refractivity contribution in [2.75, 3.05) is 13.4 Å². The van der Waals surface area contributed by atoms with Crippen molar-refractivity contribution >= 4 is 17.8 Å². The van der Waals surface area contributed by atoms with Gasteiger partial charge in [0, 0.05) is 10.5 Å². The Labute approximate surface area is 105 Å². The van der Waals surface area contributed by atoms with Gasteiger partial charge in [-0.3, -0.25) is 0 Å². The molecule has 0 aromatic heterocycles. The summed E-state index contributed by atoms with van der Waals surface area (Å²) in [5.41, 5.74) is 0.625. The summed E-state index contributed by atoms with van der Waals surface area (Å²) in [5.74, 6) is 0.846. The Bertz CT molecular complexity index is 462. The number of aliphatic imine (C=N–C) groups is 1. The maximum absolute atomic E-state index is 10.6. The molecule has 1 aliphatic rings. The highest BCUT2D eigenvalue weighted by molar-refractivity contribution is 7.98. The van der Waals surface area contributed by atoms with Crippen LogP contribution in [0.15, 0.2) is 28.1 Å². The van der Waals surface area contributed by atoms with Gasteiger partial charge in [0.25, 0.3) is 0 Å². The Hall–Kier alpha value is -1.25. The average Bonchev–Trinajstić information content (AvgIpc) is 2.32. The summed E-state index contributed by atoms with van der Waals surface area (Å²) in [6.45, 7) is 0. The monoisotopic (exact) mass is 249 g/mol. The van der Waals surface area contributed by atoms with Gasteiger partial charge in [-0.1, -0.05) is 12.1 Å². The normalized spacial score (nSPS) is 16.8. The number of carbonyl (C=O) groups excluding carboxylic acids is 1. The lowest BCUT2D eigenvalue weighted by molar-refractivity contribution is 0.244. The van der Waals surface area contributed by atoms with Gasteiger partial charge < -0.3 is 4.74 Å². The van der Waals surface area contributed by atoms with Crippen LogP contribution in [0.25, 0.3) is 0 Å². The number of ether oxygens (including phenoxy) is 1. The van der Waals surface area contributed by atoms with E-state index < -0.39 is 5.54 Å². The van der Waals surface area contributed by atoms with Crippen LogP contribution in [0.5, 0.6) is 5.75 Å². The molecule has 0 N–H and O–H groups in total. The van der Waals surface area contributed by atoms with E-state index in [1.54, 1.807) is 25.0 Å². The van der Waals surface area contributed by atoms with E-state index in [0.717, 1.165) is 35.5 Å². The van der Waals surface area contributed by atoms with Gasteiger partial charge in [-0.2, -0.15) is 4.99 Å². The molecular formula is C13H15NO2S. The number of benzene rings is 1. The van der Waals surface area contributed by atoms with Crippen molar-refractivity contribution in [3.63, 3.8) is 0 Å². The summed E-state index contributed by atoms with van der Waals surface area (Å²) in [4.78, 5) is 15.7. The first-order valence-electron chi connectivity index (χ1n) is 5.58. The van der Waals surface area contributed by atoms with E-state index in [-0.39, 0.29) is 0 Å². The van der Waals surface area contributed by atoms with Crippen LogP contribution >= 0.6 is 11.8 Å². The number of isocyanates is 1. The van der Waals surface area contributed by atoms with E-state index in [9.17, 15) is 4.79 Å². The van der Waals surface area contributed by atoms with Crippen molar-refractivity contribution in [3.05, 3.63) is 23.8 Å². The van der Waals surface area contributed by atoms with Crippen LogP contribution < -0.4 is 4.74 Å². The first-order valence-corrected chi connectivity index (χ1v) is 6.80. The molecule has 4 heteroatoms. The van der Waals surface area contributed by atoms with Gasteiger partial charge in [0.05, 0.1) is 7.11 Å². The quantitative estimate of drug-likeness (QED) is 0.467. The lowest BCUT2D eigenvalue weighted by Crippen LogP contribution is -2.32. The summed E-state index contributed by atoms with van der Waals surface area (Å²) in [6, 6.07) is 6.01. The third-order valence-corrected chi connectivity index (χ3v) is 4.11. The van der Waals surface area contributed by atoms with Crippen molar-refractivity contribution in [1.82, 2.24) is 0 Å². The highest BCUT2D eigenvalue weighted by Crippen LogP contribution is 2.49. The Balaban J connectivity index is 2.54. The fourth-order valence-corrected chi connectivity index (χ4v) is 2.89. The number of para-hydroxylation sites is 1. The minimum Gasteiger partial charge on any atom is -0.495 e. The van der Waals surface area contributed by atoms with Crippen LogP contribution in [-0.2, 0) is 10.3 Å². The van der Waals surface area contributed by atoms with Crippen molar-refractivity contribution in [3.8, 4) is 5.75 Å². The van der Waals surface area contributed by atoms with Crippen molar-refractivity contribution in [2.45, 2.75) is 29.7 Å². The maximum Gasteiger partial charge on any atom is 0.235 e. The molecule has 1 aliphatic carbocycles. The molecule has 0 saturated heterocycles. The van der Waals surface area contributed by atoms with E-state index in [0.29, 0.717) is 0 Å². The van der Waals surface area contributed by atoms with E-state index in [1.165, 1.54) is 0 Å². The van der Waals surface area contributed by atoms with E-state index in [4.69, 9.17) is 4.74 Å². The molecule has 90 valence electrons. The molecule has 0 radical (unpaired) electrons. The van der Waals surface area contributed by atoms with Gasteiger partial charge in [0.1, 0.15) is 11.3 Å². The predicted octanol–water partition coefficient (Wildman–Crippen LogP) is 3.13. The Kier molecular flexibility index (Phi) is 3.55. The zero-order valence-corrected chi connectivity index (χ0v) is 10.8. The predicted molar refractivity (Wildman–Crippen MR) is 68.4 cm³/mol. The average molecular weight is 249 g/mol. The van der Waals surface area contributed by atoms with Crippen LogP contribution in [0, 0.1) is 0 Å². The van der Waals surface area contributed by atoms with Gasteiger partial charge in [0.15, 0.2) is 0 Å². The third-order valence-electron chi connectivity index (χ3n) is 3.34. The summed E-state index contributed by atoms with van der Waals surface area (Å²) in [7, 11) is 1.66. The van der Waals surface area contributed by atoms with Gasteiger partial charge in [-0.25, -0.2) is 4.79 Å². The van der Waals surface area contributed by atoms with Crippen LogP contribution in [0.1, 0.15) is 24.8 Å². The number of methoxy groups -OCH3 is 1. The largest absolute Gasteiger partial charge is 0.495 e. The molecule has 0 spiro atoms. The minimum atomic E-state index is -0.390. The highest BCUT2D eigenvalue weighted by Gasteiger charge is 2.41. The first-order chi connectivity index (χ1) is 8.27. The third kappa shape index (κ3) is 1.99. The van der Waals surface area contributed by atoms with Crippen molar-refractivity contribution < 1.29 is 9.53 Å². The van der Waals surface area contributed by atoms with Crippen LogP contribution in [0.3, 0.4) is 0 Å². The van der Waals surface area contributed by atoms with Gasteiger partial charge in [-0.05, 0) is 31.6 Å². The molecular weight excluding hydrogens is 234 g/mol. The molecule has 1 fully saturated rings. The van der Waals surface area contributed by atoms with Crippen molar-refractivity contribution in [1.29, 1.82) is 0 Å². The van der Waals surface area contributed by atoms with Gasteiger partial charge >= 0.3 is 0 Å². The summed E-state index contributed by atoms with van der Waals surface area (Å²) < 4.78 is 5.48. The van der Waals surface area contributed by atoms with E-state index in [1.807, 2.05) is 24.5 Å². The maximum atomic E-state index is 10.6. The fraction of sp³-hybridized carbons (Fsp3) is 0.462. The number of rotatable bonds is 4. The first kappa shape index (κ1) is 12.2. The number of thioether (sulfide) groups is 1. The number of hydrogen-bond acceptors (Lipinski definition) is 4. The zero-order valence-electron chi connectivity index (χ0n) is 10.0. The molecule has 1 aromatic rings. The molecule has 1 aromatic carbocycles. The fourth-order valence-electron chi connectivity index (χ4n) is 2.29. The lowest BCUT2D eigenvalue weighted by atomic mass is 9.72. The SMILES string of the molecule is COc1c(SC)cccc1C1(N=C=O)CCC1. The molecule has 0 heterocycles. The number of nitrogens with zero attached hydrogens (tertiary/aromatic N) is 1.